The van der Waals surface area contributed by atoms with Gasteiger partial charge in [0.25, 0.3) is 5.56 Å². The third-order valence-corrected chi connectivity index (χ3v) is 7.90. The third-order valence-electron chi connectivity index (χ3n) is 7.90. The number of benzene rings is 2. The highest BCUT2D eigenvalue weighted by atomic mass is 16.5. The molecule has 3 heterocycles. The molecule has 3 fully saturated rings. The molecule has 9 heteroatoms. The van der Waals surface area contributed by atoms with E-state index in [2.05, 4.69) is 26.3 Å². The van der Waals surface area contributed by atoms with Crippen LogP contribution in [0.15, 0.2) is 45.7 Å². The second-order valence-electron chi connectivity index (χ2n) is 10.5. The quantitative estimate of drug-likeness (QED) is 0.432. The Morgan fingerprint density at radius 1 is 1.00 bits per heavy atom. The molecule has 0 spiro atoms. The summed E-state index contributed by atoms with van der Waals surface area (Å²) < 4.78 is 11.8. The molecule has 2 aromatic heterocycles. The van der Waals surface area contributed by atoms with Gasteiger partial charge in [-0.25, -0.2) is 5.10 Å². The van der Waals surface area contributed by atoms with Crippen molar-refractivity contribution >= 4 is 33.5 Å². The van der Waals surface area contributed by atoms with Crippen molar-refractivity contribution in [3.8, 4) is 5.75 Å². The van der Waals surface area contributed by atoms with E-state index in [9.17, 15) is 9.59 Å². The van der Waals surface area contributed by atoms with Gasteiger partial charge in [0.05, 0.1) is 22.6 Å². The summed E-state index contributed by atoms with van der Waals surface area (Å²) in [6.07, 6.45) is 6.23. The van der Waals surface area contributed by atoms with Crippen LogP contribution in [0.1, 0.15) is 43.4 Å². The van der Waals surface area contributed by atoms with Gasteiger partial charge in [0.15, 0.2) is 11.4 Å². The van der Waals surface area contributed by atoms with Crippen LogP contribution in [0.25, 0.3) is 21.7 Å². The number of hydrogen-bond acceptors (Lipinski definition) is 7. The molecule has 37 heavy (non-hydrogen) atoms. The monoisotopic (exact) mass is 499 g/mol. The minimum Gasteiger partial charge on any atom is -0.490 e. The molecule has 4 aromatic rings. The zero-order chi connectivity index (χ0) is 24.9. The topological polar surface area (TPSA) is 105 Å². The summed E-state index contributed by atoms with van der Waals surface area (Å²) in [6.45, 7) is 2.94. The first kappa shape index (κ1) is 22.3. The number of aromatic amines is 1. The Kier molecular flexibility index (Phi) is 5.37. The number of nitrogens with one attached hydrogen (secondary N) is 1. The molecule has 2 aliphatic carbocycles. The van der Waals surface area contributed by atoms with Gasteiger partial charge >= 0.3 is 0 Å². The number of carbonyl (C=O) groups excluding carboxylic acids is 1. The second kappa shape index (κ2) is 8.90. The molecule has 0 bridgehead atoms. The Bertz CT molecular complexity index is 1540. The highest BCUT2D eigenvalue weighted by Gasteiger charge is 2.35. The van der Waals surface area contributed by atoms with Gasteiger partial charge in [-0.3, -0.25) is 9.59 Å². The van der Waals surface area contributed by atoms with E-state index in [4.69, 9.17) is 9.26 Å². The SMILES string of the molecule is O=C(C1CC1)N1CCN(c2noc3cc(Cc4n[nH]c(=O)c5ccc(OC6CCC6)cc45)ccc23)CC1. The first-order chi connectivity index (χ1) is 18.1. The summed E-state index contributed by atoms with van der Waals surface area (Å²) in [7, 11) is 0. The molecule has 2 saturated carbocycles. The molecular formula is C28H29N5O4. The Morgan fingerprint density at radius 2 is 1.81 bits per heavy atom. The van der Waals surface area contributed by atoms with Crippen LogP contribution in [0.2, 0.25) is 0 Å². The third kappa shape index (κ3) is 4.22. The maximum absolute atomic E-state index is 12.4. The van der Waals surface area contributed by atoms with Gasteiger partial charge in [0, 0.05) is 43.9 Å². The van der Waals surface area contributed by atoms with Crippen LogP contribution >= 0.6 is 0 Å². The van der Waals surface area contributed by atoms with E-state index >= 15 is 0 Å². The summed E-state index contributed by atoms with van der Waals surface area (Å²) in [5.74, 6) is 2.17. The summed E-state index contributed by atoms with van der Waals surface area (Å²) in [5.41, 5.74) is 2.31. The molecule has 1 N–H and O–H groups in total. The van der Waals surface area contributed by atoms with Gasteiger partial charge in [-0.1, -0.05) is 11.2 Å². The molecule has 1 aliphatic heterocycles. The lowest BCUT2D eigenvalue weighted by Crippen LogP contribution is -2.49. The normalized spacial score (nSPS) is 18.4. The molecule has 0 unspecified atom stereocenters. The van der Waals surface area contributed by atoms with E-state index in [1.54, 1.807) is 0 Å². The minimum absolute atomic E-state index is 0.205. The predicted octanol–water partition coefficient (Wildman–Crippen LogP) is 3.65. The van der Waals surface area contributed by atoms with E-state index in [0.717, 1.165) is 85.5 Å². The van der Waals surface area contributed by atoms with Gasteiger partial charge in [-0.2, -0.15) is 5.10 Å². The van der Waals surface area contributed by atoms with Gasteiger partial charge in [0.2, 0.25) is 5.91 Å². The van der Waals surface area contributed by atoms with Crippen LogP contribution < -0.4 is 15.2 Å². The number of piperazine rings is 1. The number of aromatic nitrogens is 3. The van der Waals surface area contributed by atoms with Crippen molar-refractivity contribution in [2.45, 2.75) is 44.6 Å². The van der Waals surface area contributed by atoms with Crippen molar-refractivity contribution in [1.29, 1.82) is 0 Å². The molecule has 3 aliphatic rings. The summed E-state index contributed by atoms with van der Waals surface area (Å²) in [5, 5.41) is 13.7. The number of H-pyrrole nitrogens is 1. The Labute approximate surface area is 213 Å². The maximum Gasteiger partial charge on any atom is 0.272 e. The number of rotatable bonds is 6. The van der Waals surface area contributed by atoms with Crippen molar-refractivity contribution < 1.29 is 14.1 Å². The molecule has 7 rings (SSSR count). The van der Waals surface area contributed by atoms with Crippen LogP contribution in [-0.2, 0) is 11.2 Å². The average Bonchev–Trinajstić information content (AvgIpc) is 3.67. The molecule has 190 valence electrons. The Hall–Kier alpha value is -3.88. The first-order valence-corrected chi connectivity index (χ1v) is 13.2. The Balaban J connectivity index is 1.11. The largest absolute Gasteiger partial charge is 0.490 e. The van der Waals surface area contributed by atoms with Crippen LogP contribution in [0.3, 0.4) is 0 Å². The van der Waals surface area contributed by atoms with Crippen molar-refractivity contribution in [2.24, 2.45) is 5.92 Å². The molecule has 1 amide bonds. The average molecular weight is 500 g/mol. The van der Waals surface area contributed by atoms with Crippen molar-refractivity contribution in [3.63, 3.8) is 0 Å². The molecule has 1 saturated heterocycles. The van der Waals surface area contributed by atoms with Crippen molar-refractivity contribution in [1.82, 2.24) is 20.3 Å². The highest BCUT2D eigenvalue weighted by Crippen LogP contribution is 2.33. The van der Waals surface area contributed by atoms with E-state index in [-0.39, 0.29) is 17.6 Å². The first-order valence-electron chi connectivity index (χ1n) is 13.2. The van der Waals surface area contributed by atoms with Gasteiger partial charge < -0.3 is 19.1 Å². The Morgan fingerprint density at radius 3 is 2.57 bits per heavy atom. The van der Waals surface area contributed by atoms with Crippen molar-refractivity contribution in [3.05, 3.63) is 58.0 Å². The lowest BCUT2D eigenvalue weighted by atomic mass is 9.96. The molecule has 9 nitrogen and oxygen atoms in total. The number of hydrogen-bond donors (Lipinski definition) is 1. The molecular weight excluding hydrogens is 470 g/mol. The lowest BCUT2D eigenvalue weighted by Gasteiger charge is -2.34. The van der Waals surface area contributed by atoms with Gasteiger partial charge in [-0.05, 0) is 68.0 Å². The van der Waals surface area contributed by atoms with Gasteiger partial charge in [0.1, 0.15) is 5.75 Å². The summed E-state index contributed by atoms with van der Waals surface area (Å²) >= 11 is 0. The zero-order valence-corrected chi connectivity index (χ0v) is 20.6. The number of carbonyl (C=O) groups is 1. The minimum atomic E-state index is -0.205. The molecule has 2 aromatic carbocycles. The number of anilines is 1. The second-order valence-corrected chi connectivity index (χ2v) is 10.5. The summed E-state index contributed by atoms with van der Waals surface area (Å²) in [6, 6.07) is 11.7. The fourth-order valence-corrected chi connectivity index (χ4v) is 5.32. The number of ether oxygens (including phenoxy) is 1. The number of nitrogens with zero attached hydrogens (tertiary/aromatic N) is 4. The number of fused-ring (bicyclic) bond motifs is 2. The van der Waals surface area contributed by atoms with E-state index in [1.807, 2.05) is 35.2 Å². The fraction of sp³-hybridized carbons (Fsp3) is 0.429. The maximum atomic E-state index is 12.4. The predicted molar refractivity (Wildman–Crippen MR) is 139 cm³/mol. The van der Waals surface area contributed by atoms with E-state index in [1.165, 1.54) is 6.42 Å². The fourth-order valence-electron chi connectivity index (χ4n) is 5.32. The van der Waals surface area contributed by atoms with Crippen LogP contribution in [0.4, 0.5) is 5.82 Å². The van der Waals surface area contributed by atoms with Gasteiger partial charge in [-0.15, -0.1) is 0 Å². The molecule has 0 atom stereocenters. The van der Waals surface area contributed by atoms with Crippen LogP contribution in [-0.4, -0.2) is 58.4 Å². The molecule has 0 radical (unpaired) electrons. The lowest BCUT2D eigenvalue weighted by molar-refractivity contribution is -0.132. The van der Waals surface area contributed by atoms with E-state index < -0.39 is 0 Å². The highest BCUT2D eigenvalue weighted by molar-refractivity contribution is 5.90. The van der Waals surface area contributed by atoms with Crippen LogP contribution in [0, 0.1) is 5.92 Å². The standard InChI is InChI=1S/C28H29N5O4/c34-27-21-9-7-20(36-19-2-1-3-19)16-23(21)24(29-30-27)14-17-4-8-22-25(15-17)37-31-26(22)32-10-12-33(13-11-32)28(35)18-5-6-18/h4,7-9,15-16,18-19H,1-3,5-6,10-14H2,(H,30,34). The smallest absolute Gasteiger partial charge is 0.272 e. The summed E-state index contributed by atoms with van der Waals surface area (Å²) in [4.78, 5) is 29.0. The zero-order valence-electron chi connectivity index (χ0n) is 20.6. The van der Waals surface area contributed by atoms with Crippen molar-refractivity contribution in [2.75, 3.05) is 31.1 Å². The number of amides is 1. The van der Waals surface area contributed by atoms with E-state index in [0.29, 0.717) is 23.3 Å². The van der Waals surface area contributed by atoms with Crippen LogP contribution in [0.5, 0.6) is 5.75 Å².